The highest BCUT2D eigenvalue weighted by Crippen LogP contribution is 2.22. The third-order valence-electron chi connectivity index (χ3n) is 5.28. The Labute approximate surface area is 159 Å². The van der Waals surface area contributed by atoms with Crippen molar-refractivity contribution in [2.45, 2.75) is 13.5 Å². The number of aromatic nitrogens is 1. The van der Waals surface area contributed by atoms with E-state index in [9.17, 15) is 10.1 Å². The molecule has 27 heavy (non-hydrogen) atoms. The molecule has 5 heteroatoms. The highest BCUT2D eigenvalue weighted by atomic mass is 16.1. The molecular formula is C22H22N4O. The second-order valence-electron chi connectivity index (χ2n) is 7.00. The van der Waals surface area contributed by atoms with Crippen LogP contribution in [-0.4, -0.2) is 41.3 Å². The van der Waals surface area contributed by atoms with Gasteiger partial charge < -0.3 is 9.30 Å². The molecule has 0 amide bonds. The summed E-state index contributed by atoms with van der Waals surface area (Å²) in [5, 5.41) is 9.57. The third-order valence-corrected chi connectivity index (χ3v) is 5.28. The largest absolute Gasteiger partial charge is 0.369 e. The molecule has 0 radical (unpaired) electrons. The van der Waals surface area contributed by atoms with Gasteiger partial charge in [0.05, 0.1) is 11.1 Å². The van der Waals surface area contributed by atoms with Crippen molar-refractivity contribution in [2.24, 2.45) is 0 Å². The van der Waals surface area contributed by atoms with Crippen molar-refractivity contribution >= 4 is 17.0 Å². The van der Waals surface area contributed by atoms with E-state index < -0.39 is 0 Å². The fourth-order valence-corrected chi connectivity index (χ4v) is 3.74. The van der Waals surface area contributed by atoms with Gasteiger partial charge in [-0.3, -0.25) is 9.69 Å². The van der Waals surface area contributed by atoms with E-state index in [1.54, 1.807) is 6.92 Å². The minimum absolute atomic E-state index is 0.0969. The number of hydrogen-bond acceptors (Lipinski definition) is 4. The van der Waals surface area contributed by atoms with Gasteiger partial charge in [0.25, 0.3) is 0 Å². The Morgan fingerprint density at radius 2 is 1.81 bits per heavy atom. The summed E-state index contributed by atoms with van der Waals surface area (Å²) in [6.07, 6.45) is 4.06. The standard InChI is InChI=1S/C22H22N4O/c1-17(27)18-5-7-20(8-6-18)25-12-10-24(11-13-25)15-19-16-26-9-3-2-4-22(26)21(19)14-23/h2-9,16H,10-13,15H2,1H3. The smallest absolute Gasteiger partial charge is 0.159 e. The second-order valence-corrected chi connectivity index (χ2v) is 7.00. The molecule has 1 fully saturated rings. The fraction of sp³-hybridized carbons (Fsp3) is 0.273. The van der Waals surface area contributed by atoms with E-state index in [-0.39, 0.29) is 5.78 Å². The molecule has 0 N–H and O–H groups in total. The topological polar surface area (TPSA) is 51.8 Å². The number of anilines is 1. The maximum Gasteiger partial charge on any atom is 0.159 e. The van der Waals surface area contributed by atoms with Gasteiger partial charge in [0.2, 0.25) is 0 Å². The maximum absolute atomic E-state index is 11.4. The molecule has 3 aromatic rings. The molecular weight excluding hydrogens is 336 g/mol. The monoisotopic (exact) mass is 358 g/mol. The van der Waals surface area contributed by atoms with E-state index >= 15 is 0 Å². The number of Topliss-reactive ketones (excluding diaryl/α,β-unsaturated/α-hetero) is 1. The normalized spacial score (nSPS) is 15.0. The molecule has 0 atom stereocenters. The number of fused-ring (bicyclic) bond motifs is 1. The molecule has 2 aromatic heterocycles. The van der Waals surface area contributed by atoms with Crippen molar-refractivity contribution < 1.29 is 4.79 Å². The minimum Gasteiger partial charge on any atom is -0.369 e. The van der Waals surface area contributed by atoms with Crippen LogP contribution >= 0.6 is 0 Å². The fourth-order valence-electron chi connectivity index (χ4n) is 3.74. The molecule has 0 saturated carbocycles. The predicted molar refractivity (Wildman–Crippen MR) is 106 cm³/mol. The van der Waals surface area contributed by atoms with Crippen molar-refractivity contribution in [3.8, 4) is 6.07 Å². The van der Waals surface area contributed by atoms with E-state index in [0.717, 1.165) is 60.6 Å². The number of carbonyl (C=O) groups is 1. The summed E-state index contributed by atoms with van der Waals surface area (Å²) < 4.78 is 2.03. The van der Waals surface area contributed by atoms with Crippen LogP contribution in [-0.2, 0) is 6.54 Å². The average molecular weight is 358 g/mol. The quantitative estimate of drug-likeness (QED) is 0.671. The Kier molecular flexibility index (Phi) is 4.66. The van der Waals surface area contributed by atoms with Gasteiger partial charge >= 0.3 is 0 Å². The van der Waals surface area contributed by atoms with E-state index in [1.807, 2.05) is 53.1 Å². The molecule has 0 spiro atoms. The van der Waals surface area contributed by atoms with Crippen LogP contribution in [0, 0.1) is 11.3 Å². The zero-order chi connectivity index (χ0) is 18.8. The lowest BCUT2D eigenvalue weighted by molar-refractivity contribution is 0.101. The Morgan fingerprint density at radius 1 is 1.07 bits per heavy atom. The zero-order valence-corrected chi connectivity index (χ0v) is 15.4. The van der Waals surface area contributed by atoms with Crippen LogP contribution < -0.4 is 4.90 Å². The molecule has 5 nitrogen and oxygen atoms in total. The van der Waals surface area contributed by atoms with Crippen LogP contribution in [0.5, 0.6) is 0 Å². The highest BCUT2D eigenvalue weighted by Gasteiger charge is 2.20. The highest BCUT2D eigenvalue weighted by molar-refractivity contribution is 5.94. The first-order chi connectivity index (χ1) is 13.2. The third kappa shape index (κ3) is 3.44. The summed E-state index contributed by atoms with van der Waals surface area (Å²) in [5.41, 5.74) is 4.74. The maximum atomic E-state index is 11.4. The van der Waals surface area contributed by atoms with Crippen LogP contribution in [0.25, 0.3) is 5.52 Å². The predicted octanol–water partition coefficient (Wildman–Crippen LogP) is 3.34. The van der Waals surface area contributed by atoms with Gasteiger partial charge in [-0.2, -0.15) is 5.26 Å². The van der Waals surface area contributed by atoms with Crippen LogP contribution in [0.4, 0.5) is 5.69 Å². The Morgan fingerprint density at radius 3 is 2.48 bits per heavy atom. The summed E-state index contributed by atoms with van der Waals surface area (Å²) in [7, 11) is 0. The number of ketones is 1. The van der Waals surface area contributed by atoms with E-state index in [1.165, 1.54) is 0 Å². The number of benzene rings is 1. The number of pyridine rings is 1. The van der Waals surface area contributed by atoms with Crippen LogP contribution in [0.2, 0.25) is 0 Å². The lowest BCUT2D eigenvalue weighted by Crippen LogP contribution is -2.46. The summed E-state index contributed by atoms with van der Waals surface area (Å²) >= 11 is 0. The van der Waals surface area contributed by atoms with Gasteiger partial charge in [-0.15, -0.1) is 0 Å². The molecule has 1 aliphatic heterocycles. The SMILES string of the molecule is CC(=O)c1ccc(N2CCN(Cc3cn4ccccc4c3C#N)CC2)cc1. The Balaban J connectivity index is 1.43. The lowest BCUT2D eigenvalue weighted by Gasteiger charge is -2.36. The first kappa shape index (κ1) is 17.3. The zero-order valence-electron chi connectivity index (χ0n) is 15.4. The first-order valence-corrected chi connectivity index (χ1v) is 9.22. The number of carbonyl (C=O) groups excluding carboxylic acids is 1. The number of hydrogen-bond donors (Lipinski definition) is 0. The molecule has 0 aliphatic carbocycles. The average Bonchev–Trinajstić information content (AvgIpc) is 3.05. The lowest BCUT2D eigenvalue weighted by atomic mass is 10.1. The van der Waals surface area contributed by atoms with Crippen molar-refractivity contribution in [2.75, 3.05) is 31.1 Å². The molecule has 0 bridgehead atoms. The van der Waals surface area contributed by atoms with Crippen LogP contribution in [0.1, 0.15) is 28.4 Å². The summed E-state index contributed by atoms with van der Waals surface area (Å²) in [6.45, 7) is 6.16. The summed E-state index contributed by atoms with van der Waals surface area (Å²) in [5.74, 6) is 0.0969. The summed E-state index contributed by atoms with van der Waals surface area (Å²) in [4.78, 5) is 16.2. The van der Waals surface area contributed by atoms with E-state index in [2.05, 4.69) is 22.1 Å². The van der Waals surface area contributed by atoms with Gasteiger partial charge in [-0.1, -0.05) is 6.07 Å². The number of rotatable bonds is 4. The van der Waals surface area contributed by atoms with Crippen molar-refractivity contribution in [3.63, 3.8) is 0 Å². The number of piperazine rings is 1. The van der Waals surface area contributed by atoms with Gasteiger partial charge in [0.15, 0.2) is 5.78 Å². The van der Waals surface area contributed by atoms with Crippen molar-refractivity contribution in [1.29, 1.82) is 5.26 Å². The molecule has 1 saturated heterocycles. The molecule has 0 unspecified atom stereocenters. The van der Waals surface area contributed by atoms with Crippen molar-refractivity contribution in [3.05, 3.63) is 71.5 Å². The molecule has 1 aromatic carbocycles. The molecule has 4 rings (SSSR count). The van der Waals surface area contributed by atoms with Crippen molar-refractivity contribution in [1.82, 2.24) is 9.30 Å². The summed E-state index contributed by atoms with van der Waals surface area (Å²) in [6, 6.07) is 16.2. The van der Waals surface area contributed by atoms with Crippen LogP contribution in [0.15, 0.2) is 54.9 Å². The number of nitrogens with zero attached hydrogens (tertiary/aromatic N) is 4. The molecule has 1 aliphatic rings. The molecule has 136 valence electrons. The second kappa shape index (κ2) is 7.26. The van der Waals surface area contributed by atoms with Gasteiger partial charge in [0.1, 0.15) is 6.07 Å². The van der Waals surface area contributed by atoms with Gasteiger partial charge in [-0.25, -0.2) is 0 Å². The Bertz CT molecular complexity index is 1000. The van der Waals surface area contributed by atoms with Gasteiger partial charge in [-0.05, 0) is 43.3 Å². The van der Waals surface area contributed by atoms with Gasteiger partial charge in [0, 0.05) is 61.9 Å². The van der Waals surface area contributed by atoms with E-state index in [4.69, 9.17) is 0 Å². The molecule has 3 heterocycles. The first-order valence-electron chi connectivity index (χ1n) is 9.22. The number of nitriles is 1. The Hall–Kier alpha value is -3.10. The van der Waals surface area contributed by atoms with E-state index in [0.29, 0.717) is 0 Å². The van der Waals surface area contributed by atoms with Crippen LogP contribution in [0.3, 0.4) is 0 Å². The minimum atomic E-state index is 0.0969.